The zero-order valence-corrected chi connectivity index (χ0v) is 13.2. The summed E-state index contributed by atoms with van der Waals surface area (Å²) in [5.74, 6) is 1.39. The summed E-state index contributed by atoms with van der Waals surface area (Å²) in [6.07, 6.45) is 0.456. The first-order valence-corrected chi connectivity index (χ1v) is 7.41. The summed E-state index contributed by atoms with van der Waals surface area (Å²) in [5.41, 5.74) is -0.0366. The average Bonchev–Trinajstić information content (AvgIpc) is 2.74. The van der Waals surface area contributed by atoms with Crippen LogP contribution in [0.5, 0.6) is 0 Å². The molecule has 0 bridgehead atoms. The summed E-state index contributed by atoms with van der Waals surface area (Å²) in [6.45, 7) is 11.7. The highest BCUT2D eigenvalue weighted by Gasteiger charge is 2.19. The molecule has 1 heterocycles. The van der Waals surface area contributed by atoms with Gasteiger partial charge in [-0.1, -0.05) is 34.6 Å². The van der Waals surface area contributed by atoms with Crippen LogP contribution in [0.3, 0.4) is 0 Å². The van der Waals surface area contributed by atoms with Crippen LogP contribution in [-0.4, -0.2) is 28.4 Å². The van der Waals surface area contributed by atoms with Crippen molar-refractivity contribution in [2.45, 2.75) is 46.5 Å². The van der Waals surface area contributed by atoms with Crippen molar-refractivity contribution in [3.63, 3.8) is 0 Å². The molecule has 0 fully saturated rings. The molecule has 1 aromatic heterocycles. The van der Waals surface area contributed by atoms with Crippen molar-refractivity contribution in [2.75, 3.05) is 18.4 Å². The van der Waals surface area contributed by atoms with E-state index in [1.54, 1.807) is 0 Å². The standard InChI is InChI=1S/C13H24N4OS/c1-9(2)8-15-10(18)6-7-14-12-16-11(17-19-12)13(3,4)5/h9H,6-8H2,1-5H3,(H,15,18)(H,14,16,17). The summed E-state index contributed by atoms with van der Waals surface area (Å²) < 4.78 is 4.31. The van der Waals surface area contributed by atoms with Crippen LogP contribution in [0.25, 0.3) is 0 Å². The van der Waals surface area contributed by atoms with Crippen molar-refractivity contribution < 1.29 is 4.79 Å². The quantitative estimate of drug-likeness (QED) is 0.842. The highest BCUT2D eigenvalue weighted by Crippen LogP contribution is 2.22. The van der Waals surface area contributed by atoms with Crippen LogP contribution in [-0.2, 0) is 10.2 Å². The van der Waals surface area contributed by atoms with Gasteiger partial charge in [0, 0.05) is 36.5 Å². The fourth-order valence-corrected chi connectivity index (χ4v) is 2.07. The minimum absolute atomic E-state index is 0.0366. The number of carbonyl (C=O) groups is 1. The van der Waals surface area contributed by atoms with E-state index in [1.165, 1.54) is 11.5 Å². The van der Waals surface area contributed by atoms with E-state index in [1.807, 2.05) is 0 Å². The Morgan fingerprint density at radius 3 is 2.58 bits per heavy atom. The van der Waals surface area contributed by atoms with Crippen molar-refractivity contribution in [2.24, 2.45) is 5.92 Å². The Bertz CT molecular complexity index is 409. The zero-order chi connectivity index (χ0) is 14.5. The number of hydrogen-bond donors (Lipinski definition) is 2. The zero-order valence-electron chi connectivity index (χ0n) is 12.4. The Kier molecular flexibility index (Phi) is 5.72. The van der Waals surface area contributed by atoms with E-state index in [0.717, 1.165) is 17.5 Å². The molecule has 2 N–H and O–H groups in total. The van der Waals surface area contributed by atoms with E-state index in [-0.39, 0.29) is 11.3 Å². The molecular formula is C13H24N4OS. The van der Waals surface area contributed by atoms with Gasteiger partial charge in [0.1, 0.15) is 5.82 Å². The molecule has 0 radical (unpaired) electrons. The Labute approximate surface area is 119 Å². The van der Waals surface area contributed by atoms with Gasteiger partial charge in [-0.15, -0.1) is 0 Å². The largest absolute Gasteiger partial charge is 0.360 e. The van der Waals surface area contributed by atoms with Gasteiger partial charge in [-0.2, -0.15) is 4.37 Å². The van der Waals surface area contributed by atoms with Gasteiger partial charge in [-0.25, -0.2) is 4.98 Å². The van der Waals surface area contributed by atoms with Crippen LogP contribution in [0.15, 0.2) is 0 Å². The monoisotopic (exact) mass is 284 g/mol. The number of anilines is 1. The molecule has 1 amide bonds. The number of hydrogen-bond acceptors (Lipinski definition) is 5. The van der Waals surface area contributed by atoms with Crippen molar-refractivity contribution in [1.29, 1.82) is 0 Å². The van der Waals surface area contributed by atoms with Crippen molar-refractivity contribution >= 4 is 22.6 Å². The van der Waals surface area contributed by atoms with Crippen molar-refractivity contribution in [3.8, 4) is 0 Å². The molecule has 1 rings (SSSR count). The summed E-state index contributed by atoms with van der Waals surface area (Å²) in [5, 5.41) is 6.81. The molecule has 6 heteroatoms. The number of rotatable bonds is 6. The lowest BCUT2D eigenvalue weighted by Gasteiger charge is -2.12. The summed E-state index contributed by atoms with van der Waals surface area (Å²) in [6, 6.07) is 0. The van der Waals surface area contributed by atoms with E-state index in [0.29, 0.717) is 18.9 Å². The van der Waals surface area contributed by atoms with E-state index in [9.17, 15) is 4.79 Å². The molecule has 108 valence electrons. The Hall–Kier alpha value is -1.17. The van der Waals surface area contributed by atoms with Gasteiger partial charge in [0.15, 0.2) is 0 Å². The highest BCUT2D eigenvalue weighted by atomic mass is 32.1. The van der Waals surface area contributed by atoms with Gasteiger partial charge < -0.3 is 10.6 Å². The molecule has 0 unspecified atom stereocenters. The lowest BCUT2D eigenvalue weighted by atomic mass is 9.96. The van der Waals surface area contributed by atoms with Crippen LogP contribution < -0.4 is 10.6 Å². The maximum Gasteiger partial charge on any atom is 0.221 e. The van der Waals surface area contributed by atoms with E-state index >= 15 is 0 Å². The van der Waals surface area contributed by atoms with E-state index in [4.69, 9.17) is 0 Å². The molecule has 0 aromatic carbocycles. The molecule has 0 aliphatic carbocycles. The fraction of sp³-hybridized carbons (Fsp3) is 0.769. The molecule has 0 atom stereocenters. The van der Waals surface area contributed by atoms with Crippen molar-refractivity contribution in [1.82, 2.24) is 14.7 Å². The van der Waals surface area contributed by atoms with Gasteiger partial charge in [0.2, 0.25) is 11.0 Å². The van der Waals surface area contributed by atoms with Crippen LogP contribution in [0.4, 0.5) is 5.13 Å². The SMILES string of the molecule is CC(C)CNC(=O)CCNc1nc(C(C)(C)C)ns1. The number of carbonyl (C=O) groups excluding carboxylic acids is 1. The summed E-state index contributed by atoms with van der Waals surface area (Å²) in [7, 11) is 0. The van der Waals surface area contributed by atoms with Gasteiger partial charge in [-0.3, -0.25) is 4.79 Å². The van der Waals surface area contributed by atoms with E-state index in [2.05, 4.69) is 54.6 Å². The first-order valence-electron chi connectivity index (χ1n) is 6.64. The molecule has 0 aliphatic rings. The minimum atomic E-state index is -0.0366. The topological polar surface area (TPSA) is 66.9 Å². The molecule has 5 nitrogen and oxygen atoms in total. The fourth-order valence-electron chi connectivity index (χ4n) is 1.29. The van der Waals surface area contributed by atoms with Gasteiger partial charge in [0.05, 0.1) is 0 Å². The lowest BCUT2D eigenvalue weighted by molar-refractivity contribution is -0.120. The minimum Gasteiger partial charge on any atom is -0.360 e. The third kappa shape index (κ3) is 6.00. The number of aromatic nitrogens is 2. The molecular weight excluding hydrogens is 260 g/mol. The summed E-state index contributed by atoms with van der Waals surface area (Å²) in [4.78, 5) is 15.9. The maximum atomic E-state index is 11.5. The van der Waals surface area contributed by atoms with Crippen LogP contribution >= 0.6 is 11.5 Å². The van der Waals surface area contributed by atoms with Crippen LogP contribution in [0.1, 0.15) is 46.9 Å². The van der Waals surface area contributed by atoms with E-state index < -0.39 is 0 Å². The number of nitrogens with zero attached hydrogens (tertiary/aromatic N) is 2. The average molecular weight is 284 g/mol. The summed E-state index contributed by atoms with van der Waals surface area (Å²) >= 11 is 1.34. The second-order valence-corrected chi connectivity index (χ2v) is 6.80. The normalized spacial score (nSPS) is 11.7. The molecule has 0 aliphatic heterocycles. The van der Waals surface area contributed by atoms with Gasteiger partial charge >= 0.3 is 0 Å². The Morgan fingerprint density at radius 1 is 1.37 bits per heavy atom. The molecule has 0 saturated heterocycles. The van der Waals surface area contributed by atoms with Crippen LogP contribution in [0.2, 0.25) is 0 Å². The molecule has 19 heavy (non-hydrogen) atoms. The van der Waals surface area contributed by atoms with Crippen LogP contribution in [0, 0.1) is 5.92 Å². The van der Waals surface area contributed by atoms with Gasteiger partial charge in [-0.05, 0) is 5.92 Å². The predicted octanol–water partition coefficient (Wildman–Crippen LogP) is 2.41. The van der Waals surface area contributed by atoms with Gasteiger partial charge in [0.25, 0.3) is 0 Å². The molecule has 1 aromatic rings. The first kappa shape index (κ1) is 15.9. The lowest BCUT2D eigenvalue weighted by Crippen LogP contribution is -2.28. The molecule has 0 saturated carbocycles. The second-order valence-electron chi connectivity index (χ2n) is 6.05. The van der Waals surface area contributed by atoms with Crippen molar-refractivity contribution in [3.05, 3.63) is 5.82 Å². The maximum absolute atomic E-state index is 11.5. The molecule has 0 spiro atoms. The number of amides is 1. The highest BCUT2D eigenvalue weighted by molar-refractivity contribution is 7.09. The smallest absolute Gasteiger partial charge is 0.221 e. The predicted molar refractivity (Wildman–Crippen MR) is 79.6 cm³/mol. The Balaban J connectivity index is 2.30. The Morgan fingerprint density at radius 2 is 2.05 bits per heavy atom. The third-order valence-corrected chi connectivity index (χ3v) is 3.11. The third-order valence-electron chi connectivity index (χ3n) is 2.43. The number of nitrogens with one attached hydrogen (secondary N) is 2. The second kappa shape index (κ2) is 6.84. The first-order chi connectivity index (χ1) is 8.79.